The van der Waals surface area contributed by atoms with Gasteiger partial charge in [0.15, 0.2) is 0 Å². The van der Waals surface area contributed by atoms with E-state index in [1.165, 1.54) is 12.1 Å². The van der Waals surface area contributed by atoms with Gasteiger partial charge in [0.05, 0.1) is 12.6 Å². The lowest BCUT2D eigenvalue weighted by molar-refractivity contribution is 0.157. The Morgan fingerprint density at radius 2 is 2.29 bits per heavy atom. The van der Waals surface area contributed by atoms with Gasteiger partial charge in [0.2, 0.25) is 0 Å². The molecule has 0 aliphatic carbocycles. The molecule has 0 radical (unpaired) electrons. The summed E-state index contributed by atoms with van der Waals surface area (Å²) in [4.78, 5) is 13.6. The predicted octanol–water partition coefficient (Wildman–Crippen LogP) is 2.23. The Morgan fingerprint density at radius 3 is 2.95 bits per heavy atom. The lowest BCUT2D eigenvalue weighted by Crippen LogP contribution is -2.45. The van der Waals surface area contributed by atoms with Crippen molar-refractivity contribution in [3.05, 3.63) is 35.4 Å². The van der Waals surface area contributed by atoms with E-state index in [1.54, 1.807) is 11.8 Å². The maximum absolute atomic E-state index is 13.6. The summed E-state index contributed by atoms with van der Waals surface area (Å²) in [6.45, 7) is 2.60. The number of halogens is 2. The standard InChI is InChI=1S/C15H20F2N2O2/c1-10(13-5-4-11(16)7-14(13)17)8-18-15(21)19-6-2-3-12(19)9-20/h4-5,7,10,12,20H,2-3,6,8-9H2,1H3,(H,18,21)/t10?,12-/m0/s1. The quantitative estimate of drug-likeness (QED) is 0.895. The molecule has 2 rings (SSSR count). The molecule has 6 heteroatoms. The van der Waals surface area contributed by atoms with E-state index >= 15 is 0 Å². The summed E-state index contributed by atoms with van der Waals surface area (Å²) < 4.78 is 26.5. The Labute approximate surface area is 122 Å². The van der Waals surface area contributed by atoms with Crippen LogP contribution in [0.15, 0.2) is 18.2 Å². The number of carbonyl (C=O) groups is 1. The molecule has 2 amide bonds. The van der Waals surface area contributed by atoms with Gasteiger partial charge in [-0.25, -0.2) is 13.6 Å². The SMILES string of the molecule is CC(CNC(=O)N1CCC[C@H]1CO)c1ccc(F)cc1F. The Bertz CT molecular complexity index is 510. The summed E-state index contributed by atoms with van der Waals surface area (Å²) in [5.41, 5.74) is 0.372. The van der Waals surface area contributed by atoms with Crippen LogP contribution in [0, 0.1) is 11.6 Å². The van der Waals surface area contributed by atoms with Gasteiger partial charge in [-0.05, 0) is 24.5 Å². The van der Waals surface area contributed by atoms with Crippen molar-refractivity contribution >= 4 is 6.03 Å². The van der Waals surface area contributed by atoms with Crippen LogP contribution in [0.25, 0.3) is 0 Å². The molecule has 1 fully saturated rings. The van der Waals surface area contributed by atoms with E-state index in [2.05, 4.69) is 5.32 Å². The smallest absolute Gasteiger partial charge is 0.317 e. The van der Waals surface area contributed by atoms with Crippen molar-refractivity contribution in [2.45, 2.75) is 31.7 Å². The minimum absolute atomic E-state index is 0.0461. The highest BCUT2D eigenvalue weighted by molar-refractivity contribution is 5.74. The predicted molar refractivity (Wildman–Crippen MR) is 75.0 cm³/mol. The Kier molecular flexibility index (Phi) is 5.12. The van der Waals surface area contributed by atoms with Gasteiger partial charge in [-0.2, -0.15) is 0 Å². The zero-order valence-corrected chi connectivity index (χ0v) is 12.0. The molecule has 1 unspecified atom stereocenters. The number of rotatable bonds is 4. The number of hydrogen-bond donors (Lipinski definition) is 2. The lowest BCUT2D eigenvalue weighted by atomic mass is 10.0. The molecule has 116 valence electrons. The van der Waals surface area contributed by atoms with E-state index in [9.17, 15) is 18.7 Å². The number of hydrogen-bond acceptors (Lipinski definition) is 2. The highest BCUT2D eigenvalue weighted by atomic mass is 19.1. The van der Waals surface area contributed by atoms with Crippen LogP contribution in [0.4, 0.5) is 13.6 Å². The van der Waals surface area contributed by atoms with Gasteiger partial charge in [0, 0.05) is 25.1 Å². The van der Waals surface area contributed by atoms with E-state index in [0.717, 1.165) is 18.9 Å². The summed E-state index contributed by atoms with van der Waals surface area (Å²) in [7, 11) is 0. The van der Waals surface area contributed by atoms with Crippen molar-refractivity contribution in [2.75, 3.05) is 19.7 Å². The molecule has 2 atom stereocenters. The zero-order valence-electron chi connectivity index (χ0n) is 12.0. The minimum Gasteiger partial charge on any atom is -0.394 e. The minimum atomic E-state index is -0.615. The van der Waals surface area contributed by atoms with Crippen LogP contribution in [-0.2, 0) is 0 Å². The van der Waals surface area contributed by atoms with Crippen LogP contribution in [0.3, 0.4) is 0 Å². The molecule has 2 N–H and O–H groups in total. The van der Waals surface area contributed by atoms with Crippen LogP contribution in [0.2, 0.25) is 0 Å². The first-order valence-corrected chi connectivity index (χ1v) is 7.13. The van der Waals surface area contributed by atoms with E-state index in [4.69, 9.17) is 0 Å². The Balaban J connectivity index is 1.91. The molecular formula is C15H20F2N2O2. The fraction of sp³-hybridized carbons (Fsp3) is 0.533. The molecule has 1 aliphatic heterocycles. The average Bonchev–Trinajstić information content (AvgIpc) is 2.92. The number of nitrogens with one attached hydrogen (secondary N) is 1. The number of nitrogens with zero attached hydrogens (tertiary/aromatic N) is 1. The number of benzene rings is 1. The average molecular weight is 298 g/mol. The number of aliphatic hydroxyl groups excluding tert-OH is 1. The monoisotopic (exact) mass is 298 g/mol. The van der Waals surface area contributed by atoms with Gasteiger partial charge in [-0.3, -0.25) is 0 Å². The lowest BCUT2D eigenvalue weighted by Gasteiger charge is -2.24. The number of likely N-dealkylation sites (tertiary alicyclic amines) is 1. The molecule has 1 saturated heterocycles. The second-order valence-corrected chi connectivity index (χ2v) is 5.42. The second kappa shape index (κ2) is 6.85. The molecule has 1 aromatic rings. The third-order valence-electron chi connectivity index (χ3n) is 3.90. The van der Waals surface area contributed by atoms with Crippen LogP contribution in [0.1, 0.15) is 31.2 Å². The van der Waals surface area contributed by atoms with Gasteiger partial charge < -0.3 is 15.3 Å². The summed E-state index contributed by atoms with van der Waals surface area (Å²) in [5.74, 6) is -1.48. The Morgan fingerprint density at radius 1 is 1.52 bits per heavy atom. The Hall–Kier alpha value is -1.69. The third-order valence-corrected chi connectivity index (χ3v) is 3.90. The van der Waals surface area contributed by atoms with Gasteiger partial charge in [-0.1, -0.05) is 13.0 Å². The fourth-order valence-electron chi connectivity index (χ4n) is 2.65. The number of urea groups is 1. The molecule has 1 aliphatic rings. The van der Waals surface area contributed by atoms with E-state index in [1.807, 2.05) is 0 Å². The molecule has 0 saturated carbocycles. The van der Waals surface area contributed by atoms with Crippen LogP contribution in [-0.4, -0.2) is 41.8 Å². The van der Waals surface area contributed by atoms with Crippen molar-refractivity contribution in [3.8, 4) is 0 Å². The number of aliphatic hydroxyl groups is 1. The summed E-state index contributed by atoms with van der Waals surface area (Å²) in [6.07, 6.45) is 1.67. The summed E-state index contributed by atoms with van der Waals surface area (Å²) in [5, 5.41) is 11.9. The summed E-state index contributed by atoms with van der Waals surface area (Å²) in [6, 6.07) is 3.06. The third kappa shape index (κ3) is 3.69. The van der Waals surface area contributed by atoms with Crippen LogP contribution < -0.4 is 5.32 Å². The number of amides is 2. The van der Waals surface area contributed by atoms with E-state index in [0.29, 0.717) is 12.1 Å². The number of carbonyl (C=O) groups excluding carboxylic acids is 1. The summed E-state index contributed by atoms with van der Waals surface area (Å²) >= 11 is 0. The normalized spacial score (nSPS) is 19.6. The van der Waals surface area contributed by atoms with Crippen molar-refractivity contribution in [2.24, 2.45) is 0 Å². The van der Waals surface area contributed by atoms with Gasteiger partial charge >= 0.3 is 6.03 Å². The second-order valence-electron chi connectivity index (χ2n) is 5.42. The maximum atomic E-state index is 13.6. The highest BCUT2D eigenvalue weighted by Gasteiger charge is 2.28. The van der Waals surface area contributed by atoms with Crippen molar-refractivity contribution in [1.82, 2.24) is 10.2 Å². The first-order valence-electron chi connectivity index (χ1n) is 7.13. The van der Waals surface area contributed by atoms with Gasteiger partial charge in [0.25, 0.3) is 0 Å². The van der Waals surface area contributed by atoms with E-state index < -0.39 is 11.6 Å². The van der Waals surface area contributed by atoms with Crippen molar-refractivity contribution in [3.63, 3.8) is 0 Å². The molecule has 21 heavy (non-hydrogen) atoms. The fourth-order valence-corrected chi connectivity index (χ4v) is 2.65. The van der Waals surface area contributed by atoms with Gasteiger partial charge in [0.1, 0.15) is 11.6 Å². The molecule has 4 nitrogen and oxygen atoms in total. The van der Waals surface area contributed by atoms with Gasteiger partial charge in [-0.15, -0.1) is 0 Å². The molecule has 1 heterocycles. The maximum Gasteiger partial charge on any atom is 0.317 e. The molecular weight excluding hydrogens is 278 g/mol. The van der Waals surface area contributed by atoms with Crippen LogP contribution in [0.5, 0.6) is 0 Å². The topological polar surface area (TPSA) is 52.6 Å². The first kappa shape index (κ1) is 15.7. The molecule has 0 spiro atoms. The first-order chi connectivity index (χ1) is 10.0. The largest absolute Gasteiger partial charge is 0.394 e. The van der Waals surface area contributed by atoms with Crippen molar-refractivity contribution < 1.29 is 18.7 Å². The molecule has 0 aromatic heterocycles. The zero-order chi connectivity index (χ0) is 15.4. The molecule has 0 bridgehead atoms. The van der Waals surface area contributed by atoms with Crippen molar-refractivity contribution in [1.29, 1.82) is 0 Å². The molecule has 1 aromatic carbocycles. The van der Waals surface area contributed by atoms with Crippen LogP contribution >= 0.6 is 0 Å². The van der Waals surface area contributed by atoms with E-state index in [-0.39, 0.29) is 31.1 Å². The highest BCUT2D eigenvalue weighted by Crippen LogP contribution is 2.20.